The monoisotopic (exact) mass is 343 g/mol. The second kappa shape index (κ2) is 8.44. The number of hydrazone groups is 1. The summed E-state index contributed by atoms with van der Waals surface area (Å²) in [6.07, 6.45) is 1.46. The number of amides is 1. The first-order valence-electron chi connectivity index (χ1n) is 7.33. The lowest BCUT2D eigenvalue weighted by molar-refractivity contribution is -0.385. The van der Waals surface area contributed by atoms with E-state index in [-0.39, 0.29) is 18.0 Å². The number of rotatable bonds is 7. The molecular formula is C17H17N3O5. The van der Waals surface area contributed by atoms with E-state index < -0.39 is 10.8 Å². The van der Waals surface area contributed by atoms with Crippen LogP contribution in [-0.4, -0.2) is 30.8 Å². The number of benzene rings is 2. The molecule has 0 fully saturated rings. The fourth-order valence-corrected chi connectivity index (χ4v) is 1.94. The van der Waals surface area contributed by atoms with Gasteiger partial charge in [-0.2, -0.15) is 5.10 Å². The van der Waals surface area contributed by atoms with E-state index >= 15 is 0 Å². The first kappa shape index (κ1) is 17.9. The molecule has 0 saturated heterocycles. The van der Waals surface area contributed by atoms with Crippen LogP contribution in [0.1, 0.15) is 11.1 Å². The van der Waals surface area contributed by atoms with Gasteiger partial charge in [-0.1, -0.05) is 6.07 Å². The zero-order chi connectivity index (χ0) is 18.2. The Bertz CT molecular complexity index is 787. The molecule has 0 aliphatic carbocycles. The Morgan fingerprint density at radius 1 is 1.28 bits per heavy atom. The molecule has 0 atom stereocenters. The molecule has 0 aromatic heterocycles. The second-order valence-electron chi connectivity index (χ2n) is 5.08. The summed E-state index contributed by atoms with van der Waals surface area (Å²) in [6, 6.07) is 11.6. The van der Waals surface area contributed by atoms with E-state index in [1.165, 1.54) is 18.3 Å². The van der Waals surface area contributed by atoms with E-state index in [1.807, 2.05) is 0 Å². The molecule has 2 rings (SSSR count). The van der Waals surface area contributed by atoms with Gasteiger partial charge in [-0.05, 0) is 48.4 Å². The van der Waals surface area contributed by atoms with Gasteiger partial charge in [0.1, 0.15) is 5.75 Å². The topological polar surface area (TPSA) is 103 Å². The Kier molecular flexibility index (Phi) is 6.05. The van der Waals surface area contributed by atoms with Crippen molar-refractivity contribution in [2.75, 3.05) is 13.7 Å². The summed E-state index contributed by atoms with van der Waals surface area (Å²) in [5, 5.41) is 14.8. The average molecular weight is 343 g/mol. The highest BCUT2D eigenvalue weighted by Gasteiger charge is 2.16. The summed E-state index contributed by atoms with van der Waals surface area (Å²) in [7, 11) is 1.57. The van der Waals surface area contributed by atoms with Crippen LogP contribution in [0.4, 0.5) is 5.69 Å². The van der Waals surface area contributed by atoms with Gasteiger partial charge in [-0.25, -0.2) is 5.43 Å². The maximum absolute atomic E-state index is 11.7. The molecule has 130 valence electrons. The Labute approximate surface area is 144 Å². The average Bonchev–Trinajstić information content (AvgIpc) is 2.61. The molecule has 0 spiro atoms. The van der Waals surface area contributed by atoms with Gasteiger partial charge in [0.25, 0.3) is 5.91 Å². The molecule has 0 radical (unpaired) electrons. The van der Waals surface area contributed by atoms with Gasteiger partial charge >= 0.3 is 5.69 Å². The molecule has 2 aromatic carbocycles. The molecule has 0 unspecified atom stereocenters. The fraction of sp³-hybridized carbons (Fsp3) is 0.176. The number of aryl methyl sites for hydroxylation is 1. The predicted molar refractivity (Wildman–Crippen MR) is 92.1 cm³/mol. The minimum atomic E-state index is -0.554. The van der Waals surface area contributed by atoms with Crippen LogP contribution in [0.15, 0.2) is 47.6 Å². The number of nitro benzene ring substituents is 1. The van der Waals surface area contributed by atoms with E-state index in [1.54, 1.807) is 44.4 Å². The molecule has 8 nitrogen and oxygen atoms in total. The van der Waals surface area contributed by atoms with Crippen LogP contribution < -0.4 is 14.9 Å². The van der Waals surface area contributed by atoms with Gasteiger partial charge in [-0.3, -0.25) is 14.9 Å². The van der Waals surface area contributed by atoms with Crippen molar-refractivity contribution in [1.29, 1.82) is 0 Å². The highest BCUT2D eigenvalue weighted by molar-refractivity contribution is 5.83. The third-order valence-electron chi connectivity index (χ3n) is 3.19. The van der Waals surface area contributed by atoms with Crippen LogP contribution in [0.25, 0.3) is 0 Å². The third kappa shape index (κ3) is 5.31. The van der Waals surface area contributed by atoms with E-state index in [9.17, 15) is 14.9 Å². The van der Waals surface area contributed by atoms with Gasteiger partial charge in [0.2, 0.25) is 0 Å². The standard InChI is InChI=1S/C17H17N3O5/c1-12-3-8-16(15(9-12)20(22)23)25-11-17(21)19-18-10-13-4-6-14(24-2)7-5-13/h3-10H,11H2,1-2H3,(H,19,21)/b18-10+. The molecule has 0 heterocycles. The molecule has 2 aromatic rings. The van der Waals surface area contributed by atoms with Gasteiger partial charge in [0, 0.05) is 6.07 Å². The Hall–Kier alpha value is -3.42. The van der Waals surface area contributed by atoms with Crippen molar-refractivity contribution < 1.29 is 19.2 Å². The van der Waals surface area contributed by atoms with Crippen LogP contribution in [0, 0.1) is 17.0 Å². The summed E-state index contributed by atoms with van der Waals surface area (Å²) >= 11 is 0. The van der Waals surface area contributed by atoms with E-state index in [4.69, 9.17) is 9.47 Å². The van der Waals surface area contributed by atoms with Crippen LogP contribution >= 0.6 is 0 Å². The van der Waals surface area contributed by atoms with Gasteiger partial charge in [0.15, 0.2) is 12.4 Å². The number of ether oxygens (including phenoxy) is 2. The molecule has 8 heteroatoms. The number of carbonyl (C=O) groups excluding carboxylic acids is 1. The molecule has 0 bridgehead atoms. The smallest absolute Gasteiger partial charge is 0.311 e. The first-order valence-corrected chi connectivity index (χ1v) is 7.33. The summed E-state index contributed by atoms with van der Waals surface area (Å²) < 4.78 is 10.2. The molecule has 1 amide bonds. The molecule has 25 heavy (non-hydrogen) atoms. The number of hydrogen-bond donors (Lipinski definition) is 1. The van der Waals surface area contributed by atoms with Crippen molar-refractivity contribution in [1.82, 2.24) is 5.43 Å². The molecular weight excluding hydrogens is 326 g/mol. The van der Waals surface area contributed by atoms with Crippen molar-refractivity contribution in [2.24, 2.45) is 5.10 Å². The van der Waals surface area contributed by atoms with Crippen molar-refractivity contribution in [3.63, 3.8) is 0 Å². The van der Waals surface area contributed by atoms with E-state index in [2.05, 4.69) is 10.5 Å². The molecule has 0 aliphatic heterocycles. The lowest BCUT2D eigenvalue weighted by atomic mass is 10.2. The number of nitrogens with zero attached hydrogens (tertiary/aromatic N) is 2. The van der Waals surface area contributed by atoms with Crippen molar-refractivity contribution >= 4 is 17.8 Å². The third-order valence-corrected chi connectivity index (χ3v) is 3.19. The van der Waals surface area contributed by atoms with Gasteiger partial charge in [0.05, 0.1) is 18.2 Å². The Morgan fingerprint density at radius 2 is 2.00 bits per heavy atom. The summed E-state index contributed by atoms with van der Waals surface area (Å²) in [5.41, 5.74) is 3.61. The Balaban J connectivity index is 1.88. The SMILES string of the molecule is COc1ccc(/C=N/NC(=O)COc2ccc(C)cc2[N+](=O)[O-])cc1. The fourth-order valence-electron chi connectivity index (χ4n) is 1.94. The summed E-state index contributed by atoms with van der Waals surface area (Å²) in [6.45, 7) is 1.35. The maximum Gasteiger partial charge on any atom is 0.311 e. The lowest BCUT2D eigenvalue weighted by Crippen LogP contribution is -2.24. The number of methoxy groups -OCH3 is 1. The van der Waals surface area contributed by atoms with Crippen LogP contribution in [0.5, 0.6) is 11.5 Å². The minimum Gasteiger partial charge on any atom is -0.497 e. The number of hydrogen-bond acceptors (Lipinski definition) is 6. The number of nitro groups is 1. The molecule has 0 aliphatic rings. The lowest BCUT2D eigenvalue weighted by Gasteiger charge is -2.06. The van der Waals surface area contributed by atoms with Crippen molar-refractivity contribution in [3.05, 3.63) is 63.7 Å². The van der Waals surface area contributed by atoms with Gasteiger partial charge in [-0.15, -0.1) is 0 Å². The minimum absolute atomic E-state index is 0.0323. The predicted octanol–water partition coefficient (Wildman–Crippen LogP) is 2.44. The zero-order valence-corrected chi connectivity index (χ0v) is 13.8. The van der Waals surface area contributed by atoms with E-state index in [0.717, 1.165) is 11.1 Å². The molecule has 1 N–H and O–H groups in total. The van der Waals surface area contributed by atoms with Crippen molar-refractivity contribution in [3.8, 4) is 11.5 Å². The maximum atomic E-state index is 11.7. The second-order valence-corrected chi connectivity index (χ2v) is 5.08. The Morgan fingerprint density at radius 3 is 2.64 bits per heavy atom. The van der Waals surface area contributed by atoms with Crippen LogP contribution in [0.3, 0.4) is 0 Å². The van der Waals surface area contributed by atoms with E-state index in [0.29, 0.717) is 5.75 Å². The number of carbonyl (C=O) groups is 1. The molecule has 0 saturated carbocycles. The summed E-state index contributed by atoms with van der Waals surface area (Å²) in [4.78, 5) is 22.1. The highest BCUT2D eigenvalue weighted by atomic mass is 16.6. The number of nitrogens with one attached hydrogen (secondary N) is 1. The first-order chi connectivity index (χ1) is 12.0. The quantitative estimate of drug-likeness (QED) is 0.472. The van der Waals surface area contributed by atoms with Crippen molar-refractivity contribution in [2.45, 2.75) is 6.92 Å². The van der Waals surface area contributed by atoms with Gasteiger partial charge < -0.3 is 9.47 Å². The zero-order valence-electron chi connectivity index (χ0n) is 13.8. The summed E-state index contributed by atoms with van der Waals surface area (Å²) in [5.74, 6) is 0.221. The largest absolute Gasteiger partial charge is 0.497 e. The normalized spacial score (nSPS) is 10.5. The van der Waals surface area contributed by atoms with Crippen LogP contribution in [0.2, 0.25) is 0 Å². The highest BCUT2D eigenvalue weighted by Crippen LogP contribution is 2.27. The van der Waals surface area contributed by atoms with Crippen LogP contribution in [-0.2, 0) is 4.79 Å².